The molecule has 8 heteroatoms. The van der Waals surface area contributed by atoms with Crippen molar-refractivity contribution in [2.75, 3.05) is 6.54 Å². The summed E-state index contributed by atoms with van der Waals surface area (Å²) in [6.45, 7) is 7.39. The standard InChI is InChI=1S/C12H22N2O.C2HF3O2/c1-12(2,3)4-5-13-11(15)10-7-8-6-9(8)14-10;3-2(4,5)1(6)7/h8-10,14H,4-7H2,1-3H3,(H,13,15);(H,6,7)/t8-,9-,10+;/m1./s1. The zero-order chi connectivity index (χ0) is 17.1. The Morgan fingerprint density at radius 3 is 2.14 bits per heavy atom. The highest BCUT2D eigenvalue weighted by Crippen LogP contribution is 2.40. The molecule has 0 spiro atoms. The SMILES string of the molecule is CC(C)(C)CCNC(=O)[C@@H]1C[C@H]2C[C@H]2N1.O=C(O)C(F)(F)F. The molecule has 0 aromatic heterocycles. The third kappa shape index (κ3) is 6.64. The van der Waals surface area contributed by atoms with Crippen molar-refractivity contribution >= 4 is 11.9 Å². The van der Waals surface area contributed by atoms with Gasteiger partial charge in [0.05, 0.1) is 6.04 Å². The molecule has 0 bridgehead atoms. The maximum atomic E-state index is 11.7. The molecule has 0 aromatic carbocycles. The largest absolute Gasteiger partial charge is 0.490 e. The first-order chi connectivity index (χ1) is 9.90. The molecule has 1 aliphatic heterocycles. The smallest absolute Gasteiger partial charge is 0.475 e. The van der Waals surface area contributed by atoms with E-state index in [0.717, 1.165) is 25.3 Å². The van der Waals surface area contributed by atoms with Gasteiger partial charge < -0.3 is 15.7 Å². The predicted molar refractivity (Wildman–Crippen MR) is 74.2 cm³/mol. The maximum Gasteiger partial charge on any atom is 0.490 e. The molecule has 0 radical (unpaired) electrons. The second-order valence-electron chi connectivity index (χ2n) is 6.96. The van der Waals surface area contributed by atoms with E-state index in [4.69, 9.17) is 9.90 Å². The van der Waals surface area contributed by atoms with Gasteiger partial charge in [0.25, 0.3) is 0 Å². The average molecular weight is 324 g/mol. The number of fused-ring (bicyclic) bond motifs is 1. The summed E-state index contributed by atoms with van der Waals surface area (Å²) in [5.74, 6) is -1.76. The topological polar surface area (TPSA) is 78.4 Å². The number of piperidine rings is 1. The molecule has 3 N–H and O–H groups in total. The molecule has 1 saturated heterocycles. The quantitative estimate of drug-likeness (QED) is 0.741. The lowest BCUT2D eigenvalue weighted by molar-refractivity contribution is -0.192. The van der Waals surface area contributed by atoms with Gasteiger partial charge in [-0.1, -0.05) is 20.8 Å². The number of rotatable bonds is 3. The summed E-state index contributed by atoms with van der Waals surface area (Å²) >= 11 is 0. The maximum absolute atomic E-state index is 11.7. The Kier molecular flexibility index (Phi) is 5.83. The van der Waals surface area contributed by atoms with Gasteiger partial charge in [-0.05, 0) is 30.6 Å². The summed E-state index contributed by atoms with van der Waals surface area (Å²) in [7, 11) is 0. The van der Waals surface area contributed by atoms with E-state index in [1.165, 1.54) is 6.42 Å². The minimum atomic E-state index is -5.08. The Balaban J connectivity index is 0.000000295. The van der Waals surface area contributed by atoms with Gasteiger partial charge in [0, 0.05) is 12.6 Å². The van der Waals surface area contributed by atoms with Crippen molar-refractivity contribution in [3.8, 4) is 0 Å². The molecular weight excluding hydrogens is 301 g/mol. The number of carboxylic acids is 1. The highest BCUT2D eigenvalue weighted by atomic mass is 19.4. The molecule has 2 rings (SSSR count). The Hall–Kier alpha value is -1.31. The normalized spacial score (nSPS) is 26.5. The molecular formula is C14H23F3N2O3. The van der Waals surface area contributed by atoms with Crippen molar-refractivity contribution in [3.05, 3.63) is 0 Å². The zero-order valence-corrected chi connectivity index (χ0v) is 13.0. The van der Waals surface area contributed by atoms with E-state index in [-0.39, 0.29) is 11.9 Å². The van der Waals surface area contributed by atoms with Crippen LogP contribution in [0.1, 0.15) is 40.0 Å². The van der Waals surface area contributed by atoms with Crippen molar-refractivity contribution in [1.82, 2.24) is 10.6 Å². The van der Waals surface area contributed by atoms with Gasteiger partial charge in [-0.2, -0.15) is 13.2 Å². The van der Waals surface area contributed by atoms with Gasteiger partial charge >= 0.3 is 12.1 Å². The molecule has 1 aliphatic carbocycles. The first kappa shape index (κ1) is 18.7. The van der Waals surface area contributed by atoms with Gasteiger partial charge in [0.15, 0.2) is 0 Å². The van der Waals surface area contributed by atoms with Crippen LogP contribution in [0.2, 0.25) is 0 Å². The van der Waals surface area contributed by atoms with E-state index in [1.54, 1.807) is 0 Å². The second-order valence-corrected chi connectivity index (χ2v) is 6.96. The number of carbonyl (C=O) groups is 2. The fraction of sp³-hybridized carbons (Fsp3) is 0.857. The molecule has 2 aliphatic rings. The molecule has 0 unspecified atom stereocenters. The Bertz CT molecular complexity index is 409. The summed E-state index contributed by atoms with van der Waals surface area (Å²) in [6.07, 6.45) is -1.71. The molecule has 5 nitrogen and oxygen atoms in total. The van der Waals surface area contributed by atoms with Crippen LogP contribution in [0, 0.1) is 11.3 Å². The lowest BCUT2D eigenvalue weighted by Crippen LogP contribution is -2.43. The molecule has 3 atom stereocenters. The van der Waals surface area contributed by atoms with Crippen molar-refractivity contribution in [3.63, 3.8) is 0 Å². The van der Waals surface area contributed by atoms with Crippen LogP contribution >= 0.6 is 0 Å². The van der Waals surface area contributed by atoms with Gasteiger partial charge in [-0.25, -0.2) is 4.79 Å². The minimum absolute atomic E-state index is 0.0914. The van der Waals surface area contributed by atoms with Crippen LogP contribution in [0.15, 0.2) is 0 Å². The van der Waals surface area contributed by atoms with Crippen molar-refractivity contribution < 1.29 is 27.9 Å². The van der Waals surface area contributed by atoms with Crippen LogP contribution in [0.5, 0.6) is 0 Å². The van der Waals surface area contributed by atoms with Crippen molar-refractivity contribution in [2.24, 2.45) is 11.3 Å². The number of aliphatic carboxylic acids is 1. The number of amides is 1. The number of hydrogen-bond acceptors (Lipinski definition) is 3. The Labute approximate surface area is 127 Å². The Morgan fingerprint density at radius 2 is 1.77 bits per heavy atom. The van der Waals surface area contributed by atoms with Crippen molar-refractivity contribution in [1.29, 1.82) is 0 Å². The molecule has 1 heterocycles. The number of hydrogen-bond donors (Lipinski definition) is 3. The highest BCUT2D eigenvalue weighted by molar-refractivity contribution is 5.82. The Morgan fingerprint density at radius 1 is 1.23 bits per heavy atom. The molecule has 1 amide bonds. The lowest BCUT2D eigenvalue weighted by Gasteiger charge is -2.19. The lowest BCUT2D eigenvalue weighted by atomic mass is 9.92. The van der Waals surface area contributed by atoms with E-state index in [2.05, 4.69) is 31.4 Å². The number of carboxylic acid groups (broad SMARTS) is 1. The van der Waals surface area contributed by atoms with E-state index in [9.17, 15) is 18.0 Å². The molecule has 128 valence electrons. The summed E-state index contributed by atoms with van der Waals surface area (Å²) < 4.78 is 31.7. The highest BCUT2D eigenvalue weighted by Gasteiger charge is 2.47. The number of halogens is 3. The van der Waals surface area contributed by atoms with Crippen LogP contribution < -0.4 is 10.6 Å². The summed E-state index contributed by atoms with van der Waals surface area (Å²) in [5, 5.41) is 13.5. The number of alkyl halides is 3. The third-order valence-corrected chi connectivity index (χ3v) is 3.61. The second kappa shape index (κ2) is 6.85. The van der Waals surface area contributed by atoms with E-state index in [0.29, 0.717) is 11.5 Å². The molecule has 2 fully saturated rings. The van der Waals surface area contributed by atoms with Crippen LogP contribution in [0.4, 0.5) is 13.2 Å². The van der Waals surface area contributed by atoms with E-state index < -0.39 is 12.1 Å². The van der Waals surface area contributed by atoms with Gasteiger partial charge in [-0.15, -0.1) is 0 Å². The zero-order valence-electron chi connectivity index (χ0n) is 13.0. The summed E-state index contributed by atoms with van der Waals surface area (Å²) in [4.78, 5) is 20.6. The summed E-state index contributed by atoms with van der Waals surface area (Å²) in [5.41, 5.74) is 0.304. The van der Waals surface area contributed by atoms with Crippen LogP contribution in [0.25, 0.3) is 0 Å². The molecule has 22 heavy (non-hydrogen) atoms. The van der Waals surface area contributed by atoms with Crippen LogP contribution in [-0.4, -0.2) is 41.8 Å². The first-order valence-electron chi connectivity index (χ1n) is 7.24. The number of carbonyl (C=O) groups excluding carboxylic acids is 1. The minimum Gasteiger partial charge on any atom is -0.475 e. The average Bonchev–Trinajstić information content (AvgIpc) is 2.94. The summed E-state index contributed by atoms with van der Waals surface area (Å²) in [6, 6.07) is 0.747. The molecule has 0 aromatic rings. The van der Waals surface area contributed by atoms with Gasteiger partial charge in [0.1, 0.15) is 0 Å². The fourth-order valence-corrected chi connectivity index (χ4v) is 2.21. The fourth-order valence-electron chi connectivity index (χ4n) is 2.21. The van der Waals surface area contributed by atoms with Crippen molar-refractivity contribution in [2.45, 2.75) is 58.3 Å². The van der Waals surface area contributed by atoms with Crippen LogP contribution in [0.3, 0.4) is 0 Å². The predicted octanol–water partition coefficient (Wildman–Crippen LogP) is 1.92. The third-order valence-electron chi connectivity index (χ3n) is 3.61. The van der Waals surface area contributed by atoms with Gasteiger partial charge in [-0.3, -0.25) is 4.79 Å². The monoisotopic (exact) mass is 324 g/mol. The first-order valence-corrected chi connectivity index (χ1v) is 7.24. The van der Waals surface area contributed by atoms with E-state index >= 15 is 0 Å². The molecule has 1 saturated carbocycles. The van der Waals surface area contributed by atoms with E-state index in [1.807, 2.05) is 0 Å². The van der Waals surface area contributed by atoms with Crippen LogP contribution in [-0.2, 0) is 9.59 Å². The number of nitrogens with one attached hydrogen (secondary N) is 2. The van der Waals surface area contributed by atoms with Gasteiger partial charge in [0.2, 0.25) is 5.91 Å².